The molecule has 0 unspecified atom stereocenters. The van der Waals surface area contributed by atoms with E-state index in [-0.39, 0.29) is 43.2 Å². The van der Waals surface area contributed by atoms with Gasteiger partial charge in [0.05, 0.1) is 12.8 Å². The highest BCUT2D eigenvalue weighted by Crippen LogP contribution is 2.32. The lowest BCUT2D eigenvalue weighted by molar-refractivity contribution is 0.241. The number of hydrogen-bond donors (Lipinski definition) is 2. The molecule has 1 aliphatic heterocycles. The van der Waals surface area contributed by atoms with Crippen molar-refractivity contribution in [1.82, 2.24) is 35.7 Å². The largest absolute Gasteiger partial charge is 0.493 e. The van der Waals surface area contributed by atoms with Crippen molar-refractivity contribution in [2.75, 3.05) is 46.4 Å². The Morgan fingerprint density at radius 3 is 2.48 bits per heavy atom. The Bertz CT molecular complexity index is 941. The van der Waals surface area contributed by atoms with Crippen LogP contribution in [0.4, 0.5) is 0 Å². The van der Waals surface area contributed by atoms with E-state index in [0.717, 1.165) is 57.1 Å². The first-order chi connectivity index (χ1) is 14.8. The molecule has 1 aromatic heterocycles. The third kappa shape index (κ3) is 7.99. The molecular formula is C21H30Cl3N7O2. The lowest BCUT2D eigenvalue weighted by Gasteiger charge is -2.27. The summed E-state index contributed by atoms with van der Waals surface area (Å²) in [5.41, 5.74) is 1.95. The molecule has 0 atom stereocenters. The maximum absolute atomic E-state index is 5.95. The molecule has 0 radical (unpaired) electrons. The van der Waals surface area contributed by atoms with Crippen molar-refractivity contribution in [3.05, 3.63) is 54.1 Å². The molecule has 1 fully saturated rings. The van der Waals surface area contributed by atoms with Gasteiger partial charge in [0.25, 0.3) is 0 Å². The van der Waals surface area contributed by atoms with Crippen LogP contribution in [0.3, 0.4) is 0 Å². The van der Waals surface area contributed by atoms with E-state index in [2.05, 4.69) is 31.1 Å². The second-order valence-electron chi connectivity index (χ2n) is 7.06. The highest BCUT2D eigenvalue weighted by Gasteiger charge is 2.14. The van der Waals surface area contributed by atoms with E-state index >= 15 is 0 Å². The molecule has 12 heteroatoms. The molecule has 2 aromatic carbocycles. The third-order valence-corrected chi connectivity index (χ3v) is 5.01. The zero-order valence-corrected chi connectivity index (χ0v) is 20.8. The number of halogens is 3. The summed E-state index contributed by atoms with van der Waals surface area (Å²) in [6.07, 6.45) is 0. The Morgan fingerprint density at radius 2 is 1.76 bits per heavy atom. The van der Waals surface area contributed by atoms with Crippen LogP contribution in [0.2, 0.25) is 0 Å². The maximum Gasteiger partial charge on any atom is 0.346 e. The van der Waals surface area contributed by atoms with E-state index in [1.54, 1.807) is 11.8 Å². The Hall–Kier alpha value is -2.14. The Kier molecular flexibility index (Phi) is 13.0. The number of piperazine rings is 1. The first-order valence-corrected chi connectivity index (χ1v) is 10.2. The van der Waals surface area contributed by atoms with Crippen LogP contribution in [0, 0.1) is 0 Å². The van der Waals surface area contributed by atoms with Crippen molar-refractivity contribution in [1.29, 1.82) is 0 Å². The molecule has 9 nitrogen and oxygen atoms in total. The highest BCUT2D eigenvalue weighted by molar-refractivity contribution is 5.86. The summed E-state index contributed by atoms with van der Waals surface area (Å²) in [4.78, 5) is 2.47. The molecule has 0 amide bonds. The number of rotatable bonds is 9. The SMILES string of the molecule is COc1cc(CNCCN2CCNCC2)ccc1Oc1nnnn1-c1ccccc1.Cl.Cl.Cl. The van der Waals surface area contributed by atoms with Gasteiger partial charge in [-0.05, 0) is 40.3 Å². The average Bonchev–Trinajstić information content (AvgIpc) is 3.27. The number of aromatic nitrogens is 4. The van der Waals surface area contributed by atoms with Crippen LogP contribution in [0.5, 0.6) is 17.5 Å². The van der Waals surface area contributed by atoms with Gasteiger partial charge in [-0.3, -0.25) is 4.90 Å². The number of para-hydroxylation sites is 1. The summed E-state index contributed by atoms with van der Waals surface area (Å²) >= 11 is 0. The van der Waals surface area contributed by atoms with Crippen LogP contribution in [-0.4, -0.2) is 71.5 Å². The third-order valence-electron chi connectivity index (χ3n) is 5.01. The molecule has 3 aromatic rings. The van der Waals surface area contributed by atoms with Crippen LogP contribution >= 0.6 is 37.2 Å². The molecule has 0 saturated carbocycles. The summed E-state index contributed by atoms with van der Waals surface area (Å²) in [7, 11) is 1.63. The van der Waals surface area contributed by atoms with E-state index in [4.69, 9.17) is 9.47 Å². The molecule has 0 spiro atoms. The number of methoxy groups -OCH3 is 1. The van der Waals surface area contributed by atoms with Gasteiger partial charge in [-0.1, -0.05) is 29.4 Å². The zero-order chi connectivity index (χ0) is 20.6. The zero-order valence-electron chi connectivity index (χ0n) is 18.3. The van der Waals surface area contributed by atoms with Crippen molar-refractivity contribution in [3.63, 3.8) is 0 Å². The summed E-state index contributed by atoms with van der Waals surface area (Å²) in [5, 5.41) is 18.6. The fraction of sp³-hybridized carbons (Fsp3) is 0.381. The van der Waals surface area contributed by atoms with Gasteiger partial charge < -0.3 is 20.1 Å². The molecule has 1 saturated heterocycles. The monoisotopic (exact) mass is 517 g/mol. The lowest BCUT2D eigenvalue weighted by Crippen LogP contribution is -2.45. The fourth-order valence-corrected chi connectivity index (χ4v) is 3.38. The van der Waals surface area contributed by atoms with E-state index < -0.39 is 0 Å². The predicted octanol–water partition coefficient (Wildman–Crippen LogP) is 2.72. The van der Waals surface area contributed by atoms with Crippen molar-refractivity contribution < 1.29 is 9.47 Å². The first kappa shape index (κ1) is 28.9. The van der Waals surface area contributed by atoms with Crippen molar-refractivity contribution in [2.24, 2.45) is 0 Å². The van der Waals surface area contributed by atoms with Gasteiger partial charge in [0.15, 0.2) is 11.5 Å². The minimum atomic E-state index is 0. The standard InChI is InChI=1S/C21H27N7O2.3ClH/c1-29-20-15-17(16-23-11-14-27-12-9-22-10-13-27)7-8-19(20)30-21-24-25-26-28(21)18-5-3-2-4-6-18;;;/h2-8,15,22-23H,9-14,16H2,1H3;3*1H. The second kappa shape index (κ2) is 14.9. The van der Waals surface area contributed by atoms with Gasteiger partial charge in [-0.25, -0.2) is 0 Å². The Labute approximate surface area is 212 Å². The Morgan fingerprint density at radius 1 is 1.00 bits per heavy atom. The average molecular weight is 519 g/mol. The number of ether oxygens (including phenoxy) is 2. The minimum Gasteiger partial charge on any atom is -0.493 e. The van der Waals surface area contributed by atoms with Gasteiger partial charge in [0.2, 0.25) is 0 Å². The van der Waals surface area contributed by atoms with E-state index in [0.29, 0.717) is 11.5 Å². The van der Waals surface area contributed by atoms with E-state index in [1.807, 2.05) is 48.5 Å². The van der Waals surface area contributed by atoms with Crippen molar-refractivity contribution >= 4 is 37.2 Å². The van der Waals surface area contributed by atoms with Gasteiger partial charge in [-0.15, -0.1) is 37.2 Å². The normalized spacial score (nSPS) is 13.2. The first-order valence-electron chi connectivity index (χ1n) is 10.2. The van der Waals surface area contributed by atoms with Crippen LogP contribution in [-0.2, 0) is 6.54 Å². The number of tetrazole rings is 1. The highest BCUT2D eigenvalue weighted by atomic mass is 35.5. The van der Waals surface area contributed by atoms with Crippen LogP contribution in [0.25, 0.3) is 5.69 Å². The van der Waals surface area contributed by atoms with Crippen molar-refractivity contribution in [3.8, 4) is 23.2 Å². The number of hydrogen-bond acceptors (Lipinski definition) is 8. The molecular weight excluding hydrogens is 489 g/mol. The topological polar surface area (TPSA) is 89.4 Å². The number of nitrogens with one attached hydrogen (secondary N) is 2. The number of nitrogens with zero attached hydrogens (tertiary/aromatic N) is 5. The number of benzene rings is 2. The molecule has 2 N–H and O–H groups in total. The quantitative estimate of drug-likeness (QED) is 0.418. The molecule has 2 heterocycles. The van der Waals surface area contributed by atoms with Crippen LogP contribution < -0.4 is 20.1 Å². The summed E-state index contributed by atoms with van der Waals surface area (Å²) < 4.78 is 13.0. The lowest BCUT2D eigenvalue weighted by atomic mass is 10.2. The predicted molar refractivity (Wildman–Crippen MR) is 135 cm³/mol. The van der Waals surface area contributed by atoms with E-state index in [9.17, 15) is 0 Å². The fourth-order valence-electron chi connectivity index (χ4n) is 3.38. The second-order valence-corrected chi connectivity index (χ2v) is 7.06. The molecule has 0 aliphatic carbocycles. The van der Waals surface area contributed by atoms with Crippen LogP contribution in [0.15, 0.2) is 48.5 Å². The van der Waals surface area contributed by atoms with E-state index in [1.165, 1.54) is 0 Å². The molecule has 0 bridgehead atoms. The summed E-state index contributed by atoms with van der Waals surface area (Å²) in [6.45, 7) is 7.16. The maximum atomic E-state index is 5.95. The van der Waals surface area contributed by atoms with Gasteiger partial charge in [0.1, 0.15) is 0 Å². The van der Waals surface area contributed by atoms with Crippen LogP contribution in [0.1, 0.15) is 5.56 Å². The minimum absolute atomic E-state index is 0. The van der Waals surface area contributed by atoms with Gasteiger partial charge in [-0.2, -0.15) is 4.68 Å². The molecule has 1 aliphatic rings. The molecule has 33 heavy (non-hydrogen) atoms. The molecule has 182 valence electrons. The summed E-state index contributed by atoms with van der Waals surface area (Å²) in [6, 6.07) is 15.8. The molecule has 4 rings (SSSR count). The smallest absolute Gasteiger partial charge is 0.346 e. The van der Waals surface area contributed by atoms with Gasteiger partial charge >= 0.3 is 6.01 Å². The van der Waals surface area contributed by atoms with Gasteiger partial charge in [0, 0.05) is 45.8 Å². The summed E-state index contributed by atoms with van der Waals surface area (Å²) in [5.74, 6) is 1.20. The van der Waals surface area contributed by atoms with Crippen molar-refractivity contribution in [2.45, 2.75) is 6.54 Å². The Balaban J connectivity index is 0.00000181.